The summed E-state index contributed by atoms with van der Waals surface area (Å²) in [6, 6.07) is 7.39. The summed E-state index contributed by atoms with van der Waals surface area (Å²) in [5, 5.41) is 0.316. The monoisotopic (exact) mass is 475 g/mol. The van der Waals surface area contributed by atoms with E-state index in [1.54, 1.807) is 11.0 Å². The summed E-state index contributed by atoms with van der Waals surface area (Å²) in [4.78, 5) is 32.5. The number of ether oxygens (including phenoxy) is 3. The highest BCUT2D eigenvalue weighted by molar-refractivity contribution is 7.99. The SMILES string of the molecule is CCN(CC)C(=O)CSc1nc2c(OC)c(OC)c(OC)cc2c(=O)n1-c1ccccc1F. The Morgan fingerprint density at radius 2 is 1.76 bits per heavy atom. The Kier molecular flexibility index (Phi) is 7.80. The maximum absolute atomic E-state index is 14.7. The first-order valence-corrected chi connectivity index (χ1v) is 11.3. The number of methoxy groups -OCH3 is 3. The number of amides is 1. The average molecular weight is 476 g/mol. The largest absolute Gasteiger partial charge is 0.493 e. The molecule has 0 N–H and O–H groups in total. The van der Waals surface area contributed by atoms with Gasteiger partial charge in [0.2, 0.25) is 11.7 Å². The molecule has 176 valence electrons. The van der Waals surface area contributed by atoms with Crippen LogP contribution in [0.1, 0.15) is 13.8 Å². The van der Waals surface area contributed by atoms with E-state index in [0.717, 1.165) is 11.8 Å². The predicted molar refractivity (Wildman–Crippen MR) is 126 cm³/mol. The molecule has 3 aromatic rings. The Labute approximate surface area is 195 Å². The number of carbonyl (C=O) groups excluding carboxylic acids is 1. The van der Waals surface area contributed by atoms with Crippen LogP contribution in [0.5, 0.6) is 17.2 Å². The number of para-hydroxylation sites is 1. The van der Waals surface area contributed by atoms with Gasteiger partial charge in [0.1, 0.15) is 11.3 Å². The van der Waals surface area contributed by atoms with Crippen LogP contribution in [-0.2, 0) is 4.79 Å². The molecule has 1 heterocycles. The molecule has 0 aliphatic rings. The van der Waals surface area contributed by atoms with Crippen molar-refractivity contribution in [1.82, 2.24) is 14.5 Å². The van der Waals surface area contributed by atoms with Gasteiger partial charge in [-0.2, -0.15) is 0 Å². The Hall–Kier alpha value is -3.27. The molecule has 2 aromatic carbocycles. The zero-order chi connectivity index (χ0) is 24.1. The van der Waals surface area contributed by atoms with Gasteiger partial charge in [0, 0.05) is 13.1 Å². The van der Waals surface area contributed by atoms with Gasteiger partial charge < -0.3 is 19.1 Å². The number of fused-ring (bicyclic) bond motifs is 1. The summed E-state index contributed by atoms with van der Waals surface area (Å²) in [5.74, 6) is 0.0884. The molecular weight excluding hydrogens is 449 g/mol. The topological polar surface area (TPSA) is 82.9 Å². The van der Waals surface area contributed by atoms with Gasteiger partial charge in [-0.1, -0.05) is 23.9 Å². The van der Waals surface area contributed by atoms with E-state index in [0.29, 0.717) is 13.1 Å². The molecule has 1 amide bonds. The smallest absolute Gasteiger partial charge is 0.267 e. The molecule has 1 aromatic heterocycles. The minimum Gasteiger partial charge on any atom is -0.493 e. The lowest BCUT2D eigenvalue weighted by Crippen LogP contribution is -2.32. The molecular formula is C23H26FN3O5S. The van der Waals surface area contributed by atoms with Gasteiger partial charge >= 0.3 is 0 Å². The van der Waals surface area contributed by atoms with Crippen LogP contribution in [0.4, 0.5) is 4.39 Å². The van der Waals surface area contributed by atoms with Gasteiger partial charge in [0.05, 0.1) is 38.2 Å². The Morgan fingerprint density at radius 1 is 1.09 bits per heavy atom. The first kappa shape index (κ1) is 24.4. The fourth-order valence-electron chi connectivity index (χ4n) is 3.50. The van der Waals surface area contributed by atoms with E-state index in [1.165, 1.54) is 50.2 Å². The van der Waals surface area contributed by atoms with Crippen LogP contribution in [0.25, 0.3) is 16.6 Å². The van der Waals surface area contributed by atoms with Crippen LogP contribution < -0.4 is 19.8 Å². The summed E-state index contributed by atoms with van der Waals surface area (Å²) in [7, 11) is 4.32. The van der Waals surface area contributed by atoms with Crippen molar-refractivity contribution in [2.75, 3.05) is 40.2 Å². The van der Waals surface area contributed by atoms with E-state index in [4.69, 9.17) is 14.2 Å². The third kappa shape index (κ3) is 4.61. The number of rotatable bonds is 9. The molecule has 33 heavy (non-hydrogen) atoms. The Morgan fingerprint density at radius 3 is 2.33 bits per heavy atom. The van der Waals surface area contributed by atoms with Gasteiger partial charge in [0.25, 0.3) is 5.56 Å². The molecule has 0 radical (unpaired) electrons. The molecule has 3 rings (SSSR count). The number of hydrogen-bond donors (Lipinski definition) is 0. The van der Waals surface area contributed by atoms with Crippen LogP contribution >= 0.6 is 11.8 Å². The number of nitrogens with zero attached hydrogens (tertiary/aromatic N) is 3. The van der Waals surface area contributed by atoms with Crippen molar-refractivity contribution in [2.45, 2.75) is 19.0 Å². The van der Waals surface area contributed by atoms with E-state index in [2.05, 4.69) is 4.98 Å². The third-order valence-electron chi connectivity index (χ3n) is 5.17. The molecule has 0 aliphatic heterocycles. The van der Waals surface area contributed by atoms with Crippen molar-refractivity contribution in [1.29, 1.82) is 0 Å². The van der Waals surface area contributed by atoms with Crippen LogP contribution in [0.3, 0.4) is 0 Å². The summed E-state index contributed by atoms with van der Waals surface area (Å²) in [6.45, 7) is 4.90. The van der Waals surface area contributed by atoms with Gasteiger partial charge in [0.15, 0.2) is 16.7 Å². The normalized spacial score (nSPS) is 10.8. The standard InChI is InChI=1S/C23H26FN3O5S/c1-6-26(7-2)18(28)13-33-23-25-19-14(12-17(30-3)20(31-4)21(19)32-5)22(29)27(23)16-11-9-8-10-15(16)24/h8-12H,6-7,13H2,1-5H3. The number of benzene rings is 2. The van der Waals surface area contributed by atoms with Crippen LogP contribution in [0, 0.1) is 5.82 Å². The Balaban J connectivity index is 2.30. The van der Waals surface area contributed by atoms with Crippen LogP contribution in [-0.4, -0.2) is 60.5 Å². The molecule has 0 bridgehead atoms. The lowest BCUT2D eigenvalue weighted by molar-refractivity contribution is -0.127. The fraction of sp³-hybridized carbons (Fsp3) is 0.348. The summed E-state index contributed by atoms with van der Waals surface area (Å²) in [5.41, 5.74) is -0.267. The number of aromatic nitrogens is 2. The van der Waals surface area contributed by atoms with E-state index >= 15 is 0 Å². The van der Waals surface area contributed by atoms with Gasteiger partial charge in [-0.05, 0) is 32.0 Å². The van der Waals surface area contributed by atoms with Gasteiger partial charge in [-0.25, -0.2) is 9.37 Å². The van der Waals surface area contributed by atoms with Crippen molar-refractivity contribution in [2.24, 2.45) is 0 Å². The van der Waals surface area contributed by atoms with E-state index < -0.39 is 11.4 Å². The van der Waals surface area contributed by atoms with Gasteiger partial charge in [-0.15, -0.1) is 0 Å². The number of carbonyl (C=O) groups is 1. The molecule has 0 fully saturated rings. The van der Waals surface area contributed by atoms with Gasteiger partial charge in [-0.3, -0.25) is 14.2 Å². The molecule has 0 saturated heterocycles. The molecule has 0 atom stereocenters. The zero-order valence-electron chi connectivity index (χ0n) is 19.2. The predicted octanol–water partition coefficient (Wildman–Crippen LogP) is 3.51. The van der Waals surface area contributed by atoms with Crippen molar-refractivity contribution in [3.8, 4) is 22.9 Å². The molecule has 8 nitrogen and oxygen atoms in total. The number of halogens is 1. The average Bonchev–Trinajstić information content (AvgIpc) is 2.83. The second-order valence-electron chi connectivity index (χ2n) is 6.88. The molecule has 10 heteroatoms. The fourth-order valence-corrected chi connectivity index (χ4v) is 4.41. The van der Waals surface area contributed by atoms with Crippen LogP contribution in [0.15, 0.2) is 40.3 Å². The third-order valence-corrected chi connectivity index (χ3v) is 6.09. The highest BCUT2D eigenvalue weighted by Crippen LogP contribution is 2.42. The molecule has 0 saturated carbocycles. The maximum atomic E-state index is 14.7. The maximum Gasteiger partial charge on any atom is 0.267 e. The first-order valence-electron chi connectivity index (χ1n) is 10.3. The molecule has 0 aliphatic carbocycles. The second kappa shape index (κ2) is 10.6. The quantitative estimate of drug-likeness (QED) is 0.346. The molecule has 0 spiro atoms. The highest BCUT2D eigenvalue weighted by atomic mass is 32.2. The van der Waals surface area contributed by atoms with Crippen molar-refractivity contribution < 1.29 is 23.4 Å². The zero-order valence-corrected chi connectivity index (χ0v) is 20.0. The lowest BCUT2D eigenvalue weighted by Gasteiger charge is -2.20. The van der Waals surface area contributed by atoms with E-state index in [1.807, 2.05) is 13.8 Å². The first-order chi connectivity index (χ1) is 15.9. The summed E-state index contributed by atoms with van der Waals surface area (Å²) < 4.78 is 32.2. The minimum atomic E-state index is -0.592. The van der Waals surface area contributed by atoms with Crippen LogP contribution in [0.2, 0.25) is 0 Å². The number of hydrogen-bond acceptors (Lipinski definition) is 7. The molecule has 0 unspecified atom stereocenters. The van der Waals surface area contributed by atoms with E-state index in [-0.39, 0.29) is 50.7 Å². The summed E-state index contributed by atoms with van der Waals surface area (Å²) in [6.07, 6.45) is 0. The van der Waals surface area contributed by atoms with Crippen molar-refractivity contribution in [3.05, 3.63) is 46.5 Å². The lowest BCUT2D eigenvalue weighted by atomic mass is 10.2. The number of thioether (sulfide) groups is 1. The van der Waals surface area contributed by atoms with Crippen molar-refractivity contribution >= 4 is 28.6 Å². The Bertz CT molecular complexity index is 1230. The highest BCUT2D eigenvalue weighted by Gasteiger charge is 2.24. The second-order valence-corrected chi connectivity index (χ2v) is 7.83. The van der Waals surface area contributed by atoms with E-state index in [9.17, 15) is 14.0 Å². The van der Waals surface area contributed by atoms with Crippen molar-refractivity contribution in [3.63, 3.8) is 0 Å². The summed E-state index contributed by atoms with van der Waals surface area (Å²) >= 11 is 1.06. The minimum absolute atomic E-state index is 0.0310.